The van der Waals surface area contributed by atoms with Crippen LogP contribution in [-0.4, -0.2) is 74.8 Å². The van der Waals surface area contributed by atoms with Crippen molar-refractivity contribution in [1.82, 2.24) is 14.9 Å². The van der Waals surface area contributed by atoms with Crippen molar-refractivity contribution in [1.29, 1.82) is 0 Å². The summed E-state index contributed by atoms with van der Waals surface area (Å²) in [5, 5.41) is 6.05. The van der Waals surface area contributed by atoms with Crippen molar-refractivity contribution in [2.75, 3.05) is 74.3 Å². The molecular formula is C26H31Cl2N7O3. The lowest BCUT2D eigenvalue weighted by Crippen LogP contribution is -2.46. The van der Waals surface area contributed by atoms with E-state index in [-0.39, 0.29) is 52.7 Å². The van der Waals surface area contributed by atoms with E-state index in [4.69, 9.17) is 38.2 Å². The third-order valence-electron chi connectivity index (χ3n) is 5.83. The molecule has 2 amide bonds. The highest BCUT2D eigenvalue weighted by molar-refractivity contribution is 6.41. The van der Waals surface area contributed by atoms with Gasteiger partial charge in [0.2, 0.25) is 0 Å². The summed E-state index contributed by atoms with van der Waals surface area (Å²) in [6, 6.07) is 9.65. The standard InChI is InChI=1S/C26H31Cl2N7O3/c1-5-34-10-12-35(13-11-34)18-8-6-17(7-9-18)31-21-15-22(30-16-29-21)33(2)26(36)32-25-23(27)19(37-3)14-20(38-4)24(25)28/h6-9,14-16H,5,10-13H2,1-4H3,(H,32,36)(H,29,30,31)/i10D2,11D2. The number of piperazine rings is 1. The highest BCUT2D eigenvalue weighted by atomic mass is 35.5. The van der Waals surface area contributed by atoms with Gasteiger partial charge >= 0.3 is 6.03 Å². The number of carbonyl (C=O) groups excluding carboxylic acids is 1. The van der Waals surface area contributed by atoms with Crippen molar-refractivity contribution >= 4 is 57.9 Å². The number of hydrogen-bond donors (Lipinski definition) is 2. The number of aromatic nitrogens is 2. The van der Waals surface area contributed by atoms with Crippen molar-refractivity contribution in [3.63, 3.8) is 0 Å². The maximum absolute atomic E-state index is 13.1. The molecule has 0 saturated carbocycles. The summed E-state index contributed by atoms with van der Waals surface area (Å²) < 4.78 is 43.9. The first kappa shape index (κ1) is 22.5. The highest BCUT2D eigenvalue weighted by Gasteiger charge is 2.22. The number of carbonyl (C=O) groups is 1. The predicted octanol–water partition coefficient (Wildman–Crippen LogP) is 5.35. The SMILES string of the molecule is [2H]C1([2H])CN(c2ccc(Nc3cc(N(C)C(=O)Nc4c(Cl)c(OC)cc(OC)c4Cl)ncn3)cc2)CC([2H])([2H])N1CC. The zero-order valence-electron chi connectivity index (χ0n) is 25.4. The topological polar surface area (TPSA) is 95.1 Å². The number of ether oxygens (including phenoxy) is 2. The minimum absolute atomic E-state index is 0.0375. The summed E-state index contributed by atoms with van der Waals surface area (Å²) >= 11 is 12.8. The van der Waals surface area contributed by atoms with E-state index in [2.05, 4.69) is 20.6 Å². The van der Waals surface area contributed by atoms with Crippen molar-refractivity contribution < 1.29 is 19.8 Å². The van der Waals surface area contributed by atoms with E-state index in [0.29, 0.717) is 17.2 Å². The Labute approximate surface area is 238 Å². The van der Waals surface area contributed by atoms with Crippen LogP contribution in [0.5, 0.6) is 11.5 Å². The Kier molecular flexibility index (Phi) is 7.33. The zero-order valence-corrected chi connectivity index (χ0v) is 22.9. The summed E-state index contributed by atoms with van der Waals surface area (Å²) in [5.41, 5.74) is 1.49. The number of nitrogens with zero attached hydrogens (tertiary/aromatic N) is 5. The fourth-order valence-electron chi connectivity index (χ4n) is 3.65. The number of anilines is 5. The minimum Gasteiger partial charge on any atom is -0.495 e. The van der Waals surface area contributed by atoms with Crippen LogP contribution in [0.25, 0.3) is 0 Å². The molecular weight excluding hydrogens is 529 g/mol. The van der Waals surface area contributed by atoms with E-state index in [9.17, 15) is 4.79 Å². The van der Waals surface area contributed by atoms with Gasteiger partial charge in [-0.15, -0.1) is 0 Å². The van der Waals surface area contributed by atoms with Gasteiger partial charge in [0.1, 0.15) is 39.5 Å². The molecule has 202 valence electrons. The number of benzene rings is 2. The molecule has 1 aromatic heterocycles. The lowest BCUT2D eigenvalue weighted by Gasteiger charge is -2.35. The van der Waals surface area contributed by atoms with Crippen LogP contribution in [0, 0.1) is 0 Å². The molecule has 1 aliphatic rings. The second-order valence-corrected chi connectivity index (χ2v) is 8.88. The number of urea groups is 1. The molecule has 2 heterocycles. The van der Waals surface area contributed by atoms with Gasteiger partial charge < -0.3 is 29.9 Å². The van der Waals surface area contributed by atoms with Gasteiger partial charge in [-0.3, -0.25) is 4.90 Å². The van der Waals surface area contributed by atoms with E-state index >= 15 is 0 Å². The van der Waals surface area contributed by atoms with Crippen LogP contribution < -0.4 is 29.9 Å². The Morgan fingerprint density at radius 3 is 2.29 bits per heavy atom. The third-order valence-corrected chi connectivity index (χ3v) is 6.58. The van der Waals surface area contributed by atoms with Gasteiger partial charge in [-0.25, -0.2) is 14.8 Å². The third kappa shape index (κ3) is 6.15. The number of hydrogen-bond acceptors (Lipinski definition) is 8. The molecule has 0 spiro atoms. The maximum Gasteiger partial charge on any atom is 0.327 e. The lowest BCUT2D eigenvalue weighted by atomic mass is 10.2. The average Bonchev–Trinajstić information content (AvgIpc) is 2.94. The summed E-state index contributed by atoms with van der Waals surface area (Å²) in [6.07, 6.45) is 1.31. The number of rotatable bonds is 8. The van der Waals surface area contributed by atoms with Gasteiger partial charge in [0.05, 0.1) is 19.9 Å². The normalized spacial score (nSPS) is 17.9. The molecule has 0 atom stereocenters. The highest BCUT2D eigenvalue weighted by Crippen LogP contribution is 2.44. The molecule has 0 aliphatic carbocycles. The molecule has 0 radical (unpaired) electrons. The fraction of sp³-hybridized carbons (Fsp3) is 0.346. The van der Waals surface area contributed by atoms with Gasteiger partial charge in [0, 0.05) is 62.1 Å². The van der Waals surface area contributed by atoms with E-state index in [0.717, 1.165) is 0 Å². The van der Waals surface area contributed by atoms with Crippen LogP contribution in [-0.2, 0) is 0 Å². The number of amides is 2. The number of likely N-dealkylation sites (N-methyl/N-ethyl adjacent to an activating group) is 1. The molecule has 38 heavy (non-hydrogen) atoms. The van der Waals surface area contributed by atoms with Crippen molar-refractivity contribution in [2.45, 2.75) is 6.92 Å². The van der Waals surface area contributed by atoms with Crippen molar-refractivity contribution in [3.8, 4) is 11.5 Å². The molecule has 0 unspecified atom stereocenters. The van der Waals surface area contributed by atoms with Gasteiger partial charge in [0.15, 0.2) is 0 Å². The van der Waals surface area contributed by atoms with Crippen LogP contribution >= 0.6 is 23.2 Å². The van der Waals surface area contributed by atoms with Gasteiger partial charge in [0.25, 0.3) is 0 Å². The first-order chi connectivity index (χ1) is 19.8. The number of nitrogens with one attached hydrogen (secondary N) is 2. The molecule has 2 N–H and O–H groups in total. The molecule has 0 bridgehead atoms. The summed E-state index contributed by atoms with van der Waals surface area (Å²) in [5.74, 6) is 1.24. The summed E-state index contributed by atoms with van der Waals surface area (Å²) in [4.78, 5) is 25.7. The largest absolute Gasteiger partial charge is 0.495 e. The van der Waals surface area contributed by atoms with E-state index in [1.54, 1.807) is 42.2 Å². The van der Waals surface area contributed by atoms with Crippen molar-refractivity contribution in [2.24, 2.45) is 0 Å². The number of methoxy groups -OCH3 is 2. The van der Waals surface area contributed by atoms with Crippen LogP contribution in [0.3, 0.4) is 0 Å². The van der Waals surface area contributed by atoms with E-state index < -0.39 is 19.0 Å². The number of halogens is 2. The molecule has 12 heteroatoms. The Bertz CT molecular complexity index is 1400. The predicted molar refractivity (Wildman–Crippen MR) is 153 cm³/mol. The second kappa shape index (κ2) is 12.4. The lowest BCUT2D eigenvalue weighted by molar-refractivity contribution is 0.258. The fourth-order valence-corrected chi connectivity index (χ4v) is 4.25. The Balaban J connectivity index is 1.47. The summed E-state index contributed by atoms with van der Waals surface area (Å²) in [6.45, 7) is -1.55. The smallest absolute Gasteiger partial charge is 0.327 e. The summed E-state index contributed by atoms with van der Waals surface area (Å²) in [7, 11) is 4.38. The Morgan fingerprint density at radius 1 is 1.08 bits per heavy atom. The second-order valence-electron chi connectivity index (χ2n) is 8.12. The van der Waals surface area contributed by atoms with Crippen LogP contribution in [0.2, 0.25) is 10.0 Å². The minimum atomic E-state index is -1.82. The van der Waals surface area contributed by atoms with E-state index in [1.165, 1.54) is 43.5 Å². The zero-order chi connectivity index (χ0) is 30.8. The first-order valence-electron chi connectivity index (χ1n) is 13.7. The van der Waals surface area contributed by atoms with E-state index in [1.807, 2.05) is 0 Å². The maximum atomic E-state index is 13.1. The van der Waals surface area contributed by atoms with Crippen LogP contribution in [0.4, 0.5) is 33.5 Å². The molecule has 10 nitrogen and oxygen atoms in total. The van der Waals surface area contributed by atoms with Crippen molar-refractivity contribution in [3.05, 3.63) is 52.8 Å². The quantitative estimate of drug-likeness (QED) is 0.378. The van der Waals surface area contributed by atoms with Crippen LogP contribution in [0.15, 0.2) is 42.7 Å². The molecule has 2 aromatic carbocycles. The Morgan fingerprint density at radius 2 is 1.71 bits per heavy atom. The molecule has 3 aromatic rings. The molecule has 1 fully saturated rings. The van der Waals surface area contributed by atoms with Gasteiger partial charge in [-0.1, -0.05) is 30.1 Å². The van der Waals surface area contributed by atoms with Crippen LogP contribution in [0.1, 0.15) is 12.4 Å². The molecule has 4 rings (SSSR count). The average molecular weight is 565 g/mol. The van der Waals surface area contributed by atoms with Gasteiger partial charge in [-0.05, 0) is 30.8 Å². The first-order valence-corrected chi connectivity index (χ1v) is 12.4. The van der Waals surface area contributed by atoms with Gasteiger partial charge in [-0.2, -0.15) is 0 Å². The monoisotopic (exact) mass is 563 g/mol. The molecule has 1 saturated heterocycles. The Hall–Kier alpha value is -3.47. The molecule has 1 aliphatic heterocycles.